The van der Waals surface area contributed by atoms with Crippen LogP contribution in [0, 0.1) is 6.92 Å². The molecular weight excluding hydrogens is 260 g/mol. The quantitative estimate of drug-likeness (QED) is 0.865. The van der Waals surface area contributed by atoms with Crippen LogP contribution < -0.4 is 0 Å². The summed E-state index contributed by atoms with van der Waals surface area (Å²) in [7, 11) is 0. The number of aromatic hydroxyl groups is 1. The monoisotopic (exact) mass is 274 g/mol. The van der Waals surface area contributed by atoms with E-state index in [-0.39, 0.29) is 12.2 Å². The van der Waals surface area contributed by atoms with Gasteiger partial charge in [0, 0.05) is 12.8 Å². The molecule has 0 aliphatic heterocycles. The number of phenolic OH excluding ortho intramolecular Hbond substituents is 1. The van der Waals surface area contributed by atoms with Gasteiger partial charge in [-0.2, -0.15) is 0 Å². The molecule has 0 bridgehead atoms. The first kappa shape index (κ1) is 13.6. The number of hydrogen-bond donors (Lipinski definition) is 1. The van der Waals surface area contributed by atoms with E-state index < -0.39 is 5.24 Å². The average molecular weight is 275 g/mol. The van der Waals surface area contributed by atoms with E-state index in [4.69, 9.17) is 11.6 Å². The Kier molecular flexibility index (Phi) is 4.23. The maximum Gasteiger partial charge on any atom is 0.226 e. The van der Waals surface area contributed by atoms with Crippen molar-refractivity contribution in [3.8, 4) is 5.75 Å². The van der Waals surface area contributed by atoms with Gasteiger partial charge in [0.2, 0.25) is 5.24 Å². The zero-order valence-electron chi connectivity index (χ0n) is 10.7. The molecule has 0 aliphatic rings. The van der Waals surface area contributed by atoms with E-state index >= 15 is 0 Å². The van der Waals surface area contributed by atoms with Crippen molar-refractivity contribution in [2.75, 3.05) is 0 Å². The van der Waals surface area contributed by atoms with E-state index in [2.05, 4.69) is 0 Å². The van der Waals surface area contributed by atoms with Gasteiger partial charge in [-0.1, -0.05) is 42.5 Å². The predicted octanol–water partition coefficient (Wildman–Crippen LogP) is 3.60. The Labute approximate surface area is 117 Å². The summed E-state index contributed by atoms with van der Waals surface area (Å²) in [5.41, 5.74) is 3.54. The second-order valence-corrected chi connectivity index (χ2v) is 5.04. The summed E-state index contributed by atoms with van der Waals surface area (Å²) in [6, 6.07) is 13.5. The van der Waals surface area contributed by atoms with Gasteiger partial charge in [-0.3, -0.25) is 4.79 Å². The van der Waals surface area contributed by atoms with Gasteiger partial charge in [-0.05, 0) is 40.8 Å². The Bertz CT molecular complexity index is 591. The highest BCUT2D eigenvalue weighted by Crippen LogP contribution is 2.26. The zero-order chi connectivity index (χ0) is 13.8. The topological polar surface area (TPSA) is 37.3 Å². The molecule has 2 nitrogen and oxygen atoms in total. The van der Waals surface area contributed by atoms with E-state index in [0.717, 1.165) is 22.3 Å². The Balaban J connectivity index is 2.33. The Morgan fingerprint density at radius 3 is 2.47 bits per heavy atom. The lowest BCUT2D eigenvalue weighted by molar-refractivity contribution is -0.111. The molecule has 98 valence electrons. The normalized spacial score (nSPS) is 10.4. The van der Waals surface area contributed by atoms with Crippen LogP contribution in [0.5, 0.6) is 5.75 Å². The molecule has 0 unspecified atom stereocenters. The second-order valence-electron chi connectivity index (χ2n) is 4.61. The van der Waals surface area contributed by atoms with Gasteiger partial charge in [-0.25, -0.2) is 0 Å². The van der Waals surface area contributed by atoms with Crippen molar-refractivity contribution in [3.63, 3.8) is 0 Å². The zero-order valence-corrected chi connectivity index (χ0v) is 11.4. The maximum atomic E-state index is 11.0. The van der Waals surface area contributed by atoms with Crippen LogP contribution in [0.15, 0.2) is 42.5 Å². The minimum absolute atomic E-state index is 0.185. The van der Waals surface area contributed by atoms with Crippen LogP contribution in [0.2, 0.25) is 0 Å². The SMILES string of the molecule is Cc1cc(CC(=O)Cl)cc(Cc2ccccc2)c1O. The molecule has 2 aromatic carbocycles. The van der Waals surface area contributed by atoms with Crippen LogP contribution in [0.1, 0.15) is 22.3 Å². The van der Waals surface area contributed by atoms with Crippen molar-refractivity contribution < 1.29 is 9.90 Å². The van der Waals surface area contributed by atoms with Crippen molar-refractivity contribution in [1.82, 2.24) is 0 Å². The number of carbonyl (C=O) groups is 1. The van der Waals surface area contributed by atoms with Gasteiger partial charge in [0.25, 0.3) is 0 Å². The summed E-state index contributed by atoms with van der Waals surface area (Å²) in [5.74, 6) is 0.287. The summed E-state index contributed by atoms with van der Waals surface area (Å²) >= 11 is 5.42. The Morgan fingerprint density at radius 1 is 1.16 bits per heavy atom. The third kappa shape index (κ3) is 3.58. The van der Waals surface area contributed by atoms with Crippen LogP contribution in [-0.4, -0.2) is 10.3 Å². The fourth-order valence-electron chi connectivity index (χ4n) is 2.15. The van der Waals surface area contributed by atoms with Crippen molar-refractivity contribution in [2.45, 2.75) is 19.8 Å². The highest BCUT2D eigenvalue weighted by Gasteiger charge is 2.09. The fourth-order valence-corrected chi connectivity index (χ4v) is 2.30. The van der Waals surface area contributed by atoms with Gasteiger partial charge < -0.3 is 5.11 Å². The van der Waals surface area contributed by atoms with Crippen molar-refractivity contribution in [2.24, 2.45) is 0 Å². The lowest BCUT2D eigenvalue weighted by Crippen LogP contribution is -1.98. The van der Waals surface area contributed by atoms with Gasteiger partial charge >= 0.3 is 0 Å². The number of rotatable bonds is 4. The number of carbonyl (C=O) groups excluding carboxylic acids is 1. The first-order valence-corrected chi connectivity index (χ1v) is 6.47. The predicted molar refractivity (Wildman–Crippen MR) is 76.7 cm³/mol. The average Bonchev–Trinajstić information content (AvgIpc) is 2.36. The first-order valence-electron chi connectivity index (χ1n) is 6.10. The molecule has 0 spiro atoms. The highest BCUT2D eigenvalue weighted by atomic mass is 35.5. The van der Waals surface area contributed by atoms with E-state index in [1.165, 1.54) is 0 Å². The lowest BCUT2D eigenvalue weighted by atomic mass is 9.98. The van der Waals surface area contributed by atoms with Gasteiger partial charge in [-0.15, -0.1) is 0 Å². The number of benzene rings is 2. The van der Waals surface area contributed by atoms with Crippen molar-refractivity contribution in [3.05, 3.63) is 64.7 Å². The molecule has 19 heavy (non-hydrogen) atoms. The summed E-state index contributed by atoms with van der Waals surface area (Å²) in [4.78, 5) is 11.0. The molecule has 0 saturated heterocycles. The standard InChI is InChI=1S/C16H15ClO2/c1-11-7-13(10-15(17)18)9-14(16(11)19)8-12-5-3-2-4-6-12/h2-7,9,19H,8,10H2,1H3. The van der Waals surface area contributed by atoms with Gasteiger partial charge in [0.15, 0.2) is 0 Å². The van der Waals surface area contributed by atoms with Crippen molar-refractivity contribution in [1.29, 1.82) is 0 Å². The summed E-state index contributed by atoms with van der Waals surface area (Å²) < 4.78 is 0. The van der Waals surface area contributed by atoms with Crippen LogP contribution >= 0.6 is 11.6 Å². The third-order valence-electron chi connectivity index (χ3n) is 3.02. The molecule has 0 atom stereocenters. The second kappa shape index (κ2) is 5.89. The largest absolute Gasteiger partial charge is 0.507 e. The minimum atomic E-state index is -0.393. The smallest absolute Gasteiger partial charge is 0.226 e. The van der Waals surface area contributed by atoms with Crippen LogP contribution in [0.4, 0.5) is 0 Å². The molecular formula is C16H15ClO2. The fraction of sp³-hybridized carbons (Fsp3) is 0.188. The summed E-state index contributed by atoms with van der Waals surface area (Å²) in [6.07, 6.45) is 0.822. The summed E-state index contributed by atoms with van der Waals surface area (Å²) in [6.45, 7) is 1.83. The molecule has 0 amide bonds. The maximum absolute atomic E-state index is 11.0. The van der Waals surface area contributed by atoms with Gasteiger partial charge in [0.05, 0.1) is 0 Å². The molecule has 2 rings (SSSR count). The summed E-state index contributed by atoms with van der Waals surface area (Å²) in [5, 5.41) is 9.71. The molecule has 1 N–H and O–H groups in total. The Hall–Kier alpha value is -1.80. The van der Waals surface area contributed by atoms with Crippen LogP contribution in [0.25, 0.3) is 0 Å². The number of aryl methyl sites for hydroxylation is 1. The molecule has 0 aliphatic carbocycles. The first-order chi connectivity index (χ1) is 9.06. The van der Waals surface area contributed by atoms with E-state index in [9.17, 15) is 9.90 Å². The highest BCUT2D eigenvalue weighted by molar-refractivity contribution is 6.63. The molecule has 0 radical (unpaired) electrons. The molecule has 0 aromatic heterocycles. The number of halogens is 1. The molecule has 0 heterocycles. The van der Waals surface area contributed by atoms with Crippen molar-refractivity contribution >= 4 is 16.8 Å². The Morgan fingerprint density at radius 2 is 1.84 bits per heavy atom. The van der Waals surface area contributed by atoms with Crippen LogP contribution in [-0.2, 0) is 17.6 Å². The lowest BCUT2D eigenvalue weighted by Gasteiger charge is -2.10. The van der Waals surface area contributed by atoms with E-state index in [1.807, 2.05) is 43.3 Å². The number of phenols is 1. The number of hydrogen-bond acceptors (Lipinski definition) is 2. The van der Waals surface area contributed by atoms with E-state index in [0.29, 0.717) is 6.42 Å². The minimum Gasteiger partial charge on any atom is -0.507 e. The molecule has 0 saturated carbocycles. The van der Waals surface area contributed by atoms with Crippen LogP contribution in [0.3, 0.4) is 0 Å². The van der Waals surface area contributed by atoms with Gasteiger partial charge in [0.1, 0.15) is 5.75 Å². The third-order valence-corrected chi connectivity index (χ3v) is 3.15. The molecule has 3 heteroatoms. The van der Waals surface area contributed by atoms with E-state index in [1.54, 1.807) is 6.07 Å². The molecule has 0 fully saturated rings. The molecule has 2 aromatic rings.